The molecule has 5 rings (SSSR count). The van der Waals surface area contributed by atoms with E-state index < -0.39 is 7.14 Å². The molecule has 140 valence electrons. The molecule has 1 N–H and O–H groups in total. The normalized spacial score (nSPS) is 11.6. The first-order chi connectivity index (χ1) is 14.3. The van der Waals surface area contributed by atoms with Crippen molar-refractivity contribution in [1.82, 2.24) is 9.97 Å². The summed E-state index contributed by atoms with van der Waals surface area (Å²) in [4.78, 5) is 8.16. The number of hydrogen-bond donors (Lipinski definition) is 1. The number of benzene rings is 4. The van der Waals surface area contributed by atoms with Crippen molar-refractivity contribution in [3.05, 3.63) is 109 Å². The number of H-pyrrole nitrogens is 1. The third kappa shape index (κ3) is 3.00. The van der Waals surface area contributed by atoms with Gasteiger partial charge in [0.2, 0.25) is 0 Å². The van der Waals surface area contributed by atoms with Gasteiger partial charge in [-0.1, -0.05) is 97.1 Å². The zero-order valence-electron chi connectivity index (χ0n) is 15.7. The molecule has 1 heterocycles. The third-order valence-electron chi connectivity index (χ3n) is 5.13. The Balaban J connectivity index is 1.80. The lowest BCUT2D eigenvalue weighted by Gasteiger charge is -2.22. The van der Waals surface area contributed by atoms with E-state index in [1.807, 2.05) is 109 Å². The zero-order chi connectivity index (χ0) is 19.7. The highest BCUT2D eigenvalue weighted by Crippen LogP contribution is 2.44. The molecule has 3 nitrogen and oxygen atoms in total. The van der Waals surface area contributed by atoms with Crippen LogP contribution in [0.5, 0.6) is 0 Å². The second-order valence-corrected chi connectivity index (χ2v) is 9.63. The highest BCUT2D eigenvalue weighted by Gasteiger charge is 2.32. The first-order valence-electron chi connectivity index (χ1n) is 9.53. The summed E-state index contributed by atoms with van der Waals surface area (Å²) < 4.78 is 14.8. The van der Waals surface area contributed by atoms with E-state index in [2.05, 4.69) is 4.98 Å². The minimum Gasteiger partial charge on any atom is -0.338 e. The zero-order valence-corrected chi connectivity index (χ0v) is 16.6. The van der Waals surface area contributed by atoms with E-state index in [0.29, 0.717) is 0 Å². The topological polar surface area (TPSA) is 45.8 Å². The minimum absolute atomic E-state index is 0.730. The van der Waals surface area contributed by atoms with E-state index in [1.165, 1.54) is 0 Å². The number of hydrogen-bond acceptors (Lipinski definition) is 2. The van der Waals surface area contributed by atoms with Gasteiger partial charge in [0.25, 0.3) is 0 Å². The van der Waals surface area contributed by atoms with Crippen LogP contribution in [0.25, 0.3) is 22.4 Å². The summed E-state index contributed by atoms with van der Waals surface area (Å²) in [5, 5.41) is 2.42. The van der Waals surface area contributed by atoms with E-state index in [0.717, 1.165) is 38.3 Å². The van der Waals surface area contributed by atoms with Crippen molar-refractivity contribution in [1.29, 1.82) is 0 Å². The molecule has 0 bridgehead atoms. The Morgan fingerprint density at radius 1 is 0.621 bits per heavy atom. The van der Waals surface area contributed by atoms with Gasteiger partial charge in [-0.05, 0) is 12.1 Å². The van der Waals surface area contributed by atoms with Crippen LogP contribution in [-0.4, -0.2) is 9.97 Å². The SMILES string of the molecule is O=P(c1ccccc1)(c1ccccc1)c1ccccc1-c1nc2ccccc2[nH]1. The van der Waals surface area contributed by atoms with Gasteiger partial charge in [0, 0.05) is 21.5 Å². The number of nitrogens with one attached hydrogen (secondary N) is 1. The summed E-state index contributed by atoms with van der Waals surface area (Å²) in [5.41, 5.74) is 2.72. The van der Waals surface area contributed by atoms with Crippen molar-refractivity contribution in [2.45, 2.75) is 0 Å². The van der Waals surface area contributed by atoms with Crippen LogP contribution in [-0.2, 0) is 4.57 Å². The molecule has 0 aliphatic heterocycles. The van der Waals surface area contributed by atoms with Gasteiger partial charge in [-0.2, -0.15) is 0 Å². The highest BCUT2D eigenvalue weighted by molar-refractivity contribution is 7.85. The molecule has 0 aliphatic rings. The number of rotatable bonds is 4. The average Bonchev–Trinajstić information content (AvgIpc) is 3.24. The van der Waals surface area contributed by atoms with Crippen LogP contribution in [0, 0.1) is 0 Å². The van der Waals surface area contributed by atoms with Gasteiger partial charge in [-0.3, -0.25) is 0 Å². The Morgan fingerprint density at radius 2 is 1.17 bits per heavy atom. The fraction of sp³-hybridized carbons (Fsp3) is 0. The Labute approximate surface area is 169 Å². The van der Waals surface area contributed by atoms with Crippen molar-refractivity contribution in [2.75, 3.05) is 0 Å². The van der Waals surface area contributed by atoms with E-state index in [4.69, 9.17) is 4.98 Å². The Kier molecular flexibility index (Phi) is 4.38. The van der Waals surface area contributed by atoms with Gasteiger partial charge in [0.15, 0.2) is 7.14 Å². The molecule has 0 unspecified atom stereocenters. The van der Waals surface area contributed by atoms with Crippen LogP contribution in [0.15, 0.2) is 109 Å². The molecule has 4 heteroatoms. The summed E-state index contributed by atoms with van der Waals surface area (Å²) in [6.07, 6.45) is 0. The number of imidazole rings is 1. The monoisotopic (exact) mass is 394 g/mol. The molecule has 1 aromatic heterocycles. The molecule has 0 fully saturated rings. The molecule has 5 aromatic rings. The predicted octanol–water partition coefficient (Wildman–Crippen LogP) is 4.87. The maximum Gasteiger partial charge on any atom is 0.171 e. The molecule has 0 radical (unpaired) electrons. The number of nitrogens with zero attached hydrogens (tertiary/aromatic N) is 1. The summed E-state index contributed by atoms with van der Waals surface area (Å²) in [5.74, 6) is 0.730. The van der Waals surface area contributed by atoms with Gasteiger partial charge in [-0.25, -0.2) is 4.98 Å². The Hall–Kier alpha value is -3.42. The minimum atomic E-state index is -3.08. The molecule has 0 saturated carbocycles. The van der Waals surface area contributed by atoms with Crippen molar-refractivity contribution < 1.29 is 4.57 Å². The maximum atomic E-state index is 14.8. The fourth-order valence-electron chi connectivity index (χ4n) is 3.73. The van der Waals surface area contributed by atoms with Gasteiger partial charge < -0.3 is 9.55 Å². The second-order valence-electron chi connectivity index (χ2n) is 6.90. The molecule has 0 aliphatic carbocycles. The van der Waals surface area contributed by atoms with Crippen molar-refractivity contribution >= 4 is 34.1 Å². The van der Waals surface area contributed by atoms with Gasteiger partial charge in [-0.15, -0.1) is 0 Å². The summed E-state index contributed by atoms with van der Waals surface area (Å²) in [6.45, 7) is 0. The van der Waals surface area contributed by atoms with E-state index in [1.54, 1.807) is 0 Å². The van der Waals surface area contributed by atoms with Crippen LogP contribution in [0.4, 0.5) is 0 Å². The molecule has 4 aromatic carbocycles. The quantitative estimate of drug-likeness (QED) is 0.442. The second kappa shape index (κ2) is 7.20. The molecule has 0 spiro atoms. The lowest BCUT2D eigenvalue weighted by atomic mass is 10.2. The van der Waals surface area contributed by atoms with E-state index in [-0.39, 0.29) is 0 Å². The smallest absolute Gasteiger partial charge is 0.171 e. The van der Waals surface area contributed by atoms with Crippen LogP contribution in [0.3, 0.4) is 0 Å². The molecule has 0 saturated heterocycles. The Morgan fingerprint density at radius 3 is 1.83 bits per heavy atom. The van der Waals surface area contributed by atoms with E-state index in [9.17, 15) is 4.57 Å². The first kappa shape index (κ1) is 17.7. The molecule has 29 heavy (non-hydrogen) atoms. The first-order valence-corrected chi connectivity index (χ1v) is 11.2. The van der Waals surface area contributed by atoms with Gasteiger partial charge >= 0.3 is 0 Å². The third-order valence-corrected chi connectivity index (χ3v) is 8.25. The summed E-state index contributed by atoms with van der Waals surface area (Å²) >= 11 is 0. The van der Waals surface area contributed by atoms with Crippen LogP contribution in [0.1, 0.15) is 0 Å². The van der Waals surface area contributed by atoms with Gasteiger partial charge in [0.05, 0.1) is 11.0 Å². The molecule has 0 atom stereocenters. The average molecular weight is 394 g/mol. The van der Waals surface area contributed by atoms with E-state index >= 15 is 0 Å². The molecule has 0 amide bonds. The highest BCUT2D eigenvalue weighted by atomic mass is 31.2. The number of aromatic amines is 1. The standard InChI is InChI=1S/C25H19N2OP/c28-29(19-11-3-1-4-12-19,20-13-5-2-6-14-20)24-18-10-7-15-21(24)25-26-22-16-8-9-17-23(22)27-25/h1-18H,(H,26,27). The lowest BCUT2D eigenvalue weighted by Crippen LogP contribution is -2.26. The number of aromatic nitrogens is 2. The van der Waals surface area contributed by atoms with Crippen LogP contribution in [0.2, 0.25) is 0 Å². The van der Waals surface area contributed by atoms with Crippen molar-refractivity contribution in [2.24, 2.45) is 0 Å². The number of para-hydroxylation sites is 2. The number of fused-ring (bicyclic) bond motifs is 1. The van der Waals surface area contributed by atoms with Crippen LogP contribution < -0.4 is 15.9 Å². The largest absolute Gasteiger partial charge is 0.338 e. The summed E-state index contributed by atoms with van der Waals surface area (Å²) in [6, 6.07) is 35.2. The lowest BCUT2D eigenvalue weighted by molar-refractivity contribution is 0.592. The Bertz CT molecular complexity index is 1250. The van der Waals surface area contributed by atoms with Crippen LogP contribution >= 0.6 is 7.14 Å². The predicted molar refractivity (Wildman–Crippen MR) is 121 cm³/mol. The fourth-order valence-corrected chi connectivity index (χ4v) is 6.59. The molecular formula is C25H19N2OP. The van der Waals surface area contributed by atoms with Crippen molar-refractivity contribution in [3.63, 3.8) is 0 Å². The van der Waals surface area contributed by atoms with Crippen molar-refractivity contribution in [3.8, 4) is 11.4 Å². The summed E-state index contributed by atoms with van der Waals surface area (Å²) in [7, 11) is -3.08. The molecular weight excluding hydrogens is 375 g/mol. The van der Waals surface area contributed by atoms with Gasteiger partial charge in [0.1, 0.15) is 5.82 Å². The maximum absolute atomic E-state index is 14.8.